The zero-order valence-electron chi connectivity index (χ0n) is 14.1. The van der Waals surface area contributed by atoms with Gasteiger partial charge in [0.05, 0.1) is 15.7 Å². The van der Waals surface area contributed by atoms with Crippen molar-refractivity contribution in [3.63, 3.8) is 0 Å². The molecule has 0 saturated carbocycles. The first-order valence-corrected chi connectivity index (χ1v) is 10.6. The highest BCUT2D eigenvalue weighted by molar-refractivity contribution is 8.02. The largest absolute Gasteiger partial charge is 0.330 e. The van der Waals surface area contributed by atoms with Crippen LogP contribution in [0.5, 0.6) is 0 Å². The van der Waals surface area contributed by atoms with Crippen LogP contribution in [0.25, 0.3) is 0 Å². The van der Waals surface area contributed by atoms with Crippen LogP contribution >= 0.6 is 46.3 Å². The van der Waals surface area contributed by atoms with Gasteiger partial charge in [0.25, 0.3) is 0 Å². The Labute approximate surface area is 178 Å². The van der Waals surface area contributed by atoms with E-state index in [2.05, 4.69) is 15.5 Å². The van der Waals surface area contributed by atoms with Crippen molar-refractivity contribution in [3.8, 4) is 0 Å². The van der Waals surface area contributed by atoms with Crippen molar-refractivity contribution in [2.24, 2.45) is 0 Å². The maximum absolute atomic E-state index is 12.8. The molecule has 6 nitrogen and oxygen atoms in total. The highest BCUT2D eigenvalue weighted by Crippen LogP contribution is 2.37. The molecule has 2 amide bonds. The number of rotatable bonds is 5. The number of amides is 2. The molecular formula is C18H12Cl2N4O2S2. The van der Waals surface area contributed by atoms with E-state index in [1.807, 2.05) is 30.3 Å². The van der Waals surface area contributed by atoms with Crippen molar-refractivity contribution in [3.05, 3.63) is 58.6 Å². The molecule has 0 radical (unpaired) electrons. The SMILES string of the molecule is O=C1CC(Sc2nnc(Nc3ccccc3)s2)C(=O)N1c1ccc(Cl)c(Cl)c1. The van der Waals surface area contributed by atoms with E-state index in [4.69, 9.17) is 23.2 Å². The summed E-state index contributed by atoms with van der Waals surface area (Å²) in [5.74, 6) is -0.589. The molecule has 1 unspecified atom stereocenters. The molecule has 142 valence electrons. The number of anilines is 3. The molecule has 0 bridgehead atoms. The van der Waals surface area contributed by atoms with Crippen LogP contribution < -0.4 is 10.2 Å². The smallest absolute Gasteiger partial charge is 0.247 e. The third-order valence-electron chi connectivity index (χ3n) is 3.94. The van der Waals surface area contributed by atoms with E-state index >= 15 is 0 Å². The van der Waals surface area contributed by atoms with Gasteiger partial charge >= 0.3 is 0 Å². The highest BCUT2D eigenvalue weighted by Gasteiger charge is 2.41. The first kappa shape index (κ1) is 19.2. The second kappa shape index (κ2) is 8.08. The van der Waals surface area contributed by atoms with Crippen molar-refractivity contribution in [1.29, 1.82) is 0 Å². The molecule has 1 atom stereocenters. The first-order chi connectivity index (χ1) is 13.5. The molecule has 0 aliphatic carbocycles. The molecule has 3 aromatic rings. The van der Waals surface area contributed by atoms with E-state index in [0.29, 0.717) is 20.2 Å². The van der Waals surface area contributed by atoms with Crippen molar-refractivity contribution in [1.82, 2.24) is 10.2 Å². The highest BCUT2D eigenvalue weighted by atomic mass is 35.5. The Morgan fingerprint density at radius 3 is 2.61 bits per heavy atom. The number of carbonyl (C=O) groups excluding carboxylic acids is 2. The van der Waals surface area contributed by atoms with Gasteiger partial charge < -0.3 is 5.32 Å². The molecule has 1 aliphatic rings. The fourth-order valence-electron chi connectivity index (χ4n) is 2.67. The Morgan fingerprint density at radius 1 is 1.07 bits per heavy atom. The quantitative estimate of drug-likeness (QED) is 0.550. The number of hydrogen-bond donors (Lipinski definition) is 1. The van der Waals surface area contributed by atoms with Crippen molar-refractivity contribution in [2.45, 2.75) is 16.0 Å². The van der Waals surface area contributed by atoms with Gasteiger partial charge in [-0.05, 0) is 30.3 Å². The molecule has 1 aromatic heterocycles. The summed E-state index contributed by atoms with van der Waals surface area (Å²) in [7, 11) is 0. The third-order valence-corrected chi connectivity index (χ3v) is 6.79. The Morgan fingerprint density at radius 2 is 1.86 bits per heavy atom. The van der Waals surface area contributed by atoms with Gasteiger partial charge in [-0.3, -0.25) is 9.59 Å². The van der Waals surface area contributed by atoms with Crippen molar-refractivity contribution in [2.75, 3.05) is 10.2 Å². The van der Waals surface area contributed by atoms with Gasteiger partial charge in [0.2, 0.25) is 16.9 Å². The second-order valence-corrected chi connectivity index (χ2v) is 9.08. The zero-order valence-corrected chi connectivity index (χ0v) is 17.3. The Bertz CT molecular complexity index is 1050. The first-order valence-electron chi connectivity index (χ1n) is 8.15. The molecule has 28 heavy (non-hydrogen) atoms. The van der Waals surface area contributed by atoms with E-state index in [1.54, 1.807) is 12.1 Å². The number of hydrogen-bond acceptors (Lipinski definition) is 7. The number of para-hydroxylation sites is 1. The van der Waals surface area contributed by atoms with Crippen LogP contribution in [-0.4, -0.2) is 27.3 Å². The van der Waals surface area contributed by atoms with Gasteiger partial charge in [0.15, 0.2) is 4.34 Å². The molecule has 1 aliphatic heterocycles. The van der Waals surface area contributed by atoms with Gasteiger partial charge in [0.1, 0.15) is 5.25 Å². The molecule has 2 heterocycles. The summed E-state index contributed by atoms with van der Waals surface area (Å²) in [6.45, 7) is 0. The Kier molecular flexibility index (Phi) is 5.54. The molecule has 0 spiro atoms. The van der Waals surface area contributed by atoms with Crippen LogP contribution in [-0.2, 0) is 9.59 Å². The summed E-state index contributed by atoms with van der Waals surface area (Å²) in [5, 5.41) is 12.1. The molecule has 1 fully saturated rings. The van der Waals surface area contributed by atoms with Crippen LogP contribution in [0.3, 0.4) is 0 Å². The van der Waals surface area contributed by atoms with Gasteiger partial charge in [-0.25, -0.2) is 4.90 Å². The minimum absolute atomic E-state index is 0.0881. The molecule has 4 rings (SSSR count). The maximum Gasteiger partial charge on any atom is 0.247 e. The average Bonchev–Trinajstić information content (AvgIpc) is 3.22. The summed E-state index contributed by atoms with van der Waals surface area (Å²) in [6.07, 6.45) is 0.0881. The van der Waals surface area contributed by atoms with Crippen LogP contribution in [0, 0.1) is 0 Å². The molecule has 1 saturated heterocycles. The fraction of sp³-hybridized carbons (Fsp3) is 0.111. The van der Waals surface area contributed by atoms with E-state index in [9.17, 15) is 9.59 Å². The standard InChI is InChI=1S/C18H12Cl2N4O2S2/c19-12-7-6-11(8-13(12)20)24-15(25)9-14(16(24)26)27-18-23-22-17(28-18)21-10-4-2-1-3-5-10/h1-8,14H,9H2,(H,21,22). The van der Waals surface area contributed by atoms with Crippen LogP contribution in [0.15, 0.2) is 52.9 Å². The summed E-state index contributed by atoms with van der Waals surface area (Å²) in [6, 6.07) is 14.3. The van der Waals surface area contributed by atoms with Gasteiger partial charge in [-0.2, -0.15) is 0 Å². The number of halogens is 2. The summed E-state index contributed by atoms with van der Waals surface area (Å²) < 4.78 is 0.612. The van der Waals surface area contributed by atoms with E-state index in [-0.39, 0.29) is 23.3 Å². The van der Waals surface area contributed by atoms with Crippen LogP contribution in [0.4, 0.5) is 16.5 Å². The molecule has 1 N–H and O–H groups in total. The number of nitrogens with zero attached hydrogens (tertiary/aromatic N) is 3. The van der Waals surface area contributed by atoms with Gasteiger partial charge in [-0.15, -0.1) is 10.2 Å². The van der Waals surface area contributed by atoms with Crippen LogP contribution in [0.2, 0.25) is 10.0 Å². The summed E-state index contributed by atoms with van der Waals surface area (Å²) in [5.41, 5.74) is 1.31. The van der Waals surface area contributed by atoms with E-state index in [1.165, 1.54) is 29.2 Å². The zero-order chi connectivity index (χ0) is 19.7. The number of aromatic nitrogens is 2. The van der Waals surface area contributed by atoms with E-state index in [0.717, 1.165) is 10.6 Å². The topological polar surface area (TPSA) is 75.2 Å². The monoisotopic (exact) mass is 450 g/mol. The number of carbonyl (C=O) groups is 2. The van der Waals surface area contributed by atoms with Crippen molar-refractivity contribution >= 4 is 74.6 Å². The molecule has 10 heteroatoms. The molecular weight excluding hydrogens is 439 g/mol. The number of benzene rings is 2. The predicted molar refractivity (Wildman–Crippen MR) is 113 cm³/mol. The van der Waals surface area contributed by atoms with E-state index < -0.39 is 5.25 Å². The lowest BCUT2D eigenvalue weighted by atomic mass is 10.3. The third kappa shape index (κ3) is 4.00. The lowest BCUT2D eigenvalue weighted by molar-refractivity contribution is -0.121. The Balaban J connectivity index is 1.46. The number of imide groups is 1. The normalized spacial score (nSPS) is 16.6. The average molecular weight is 451 g/mol. The minimum atomic E-state index is -0.556. The molecule has 2 aromatic carbocycles. The lowest BCUT2D eigenvalue weighted by Crippen LogP contribution is -2.31. The van der Waals surface area contributed by atoms with Crippen LogP contribution in [0.1, 0.15) is 6.42 Å². The summed E-state index contributed by atoms with van der Waals surface area (Å²) >= 11 is 14.5. The maximum atomic E-state index is 12.8. The van der Waals surface area contributed by atoms with Gasteiger partial charge in [-0.1, -0.05) is 64.5 Å². The second-order valence-electron chi connectivity index (χ2n) is 5.84. The minimum Gasteiger partial charge on any atom is -0.330 e. The Hall–Kier alpha value is -2.13. The van der Waals surface area contributed by atoms with Crippen molar-refractivity contribution < 1.29 is 9.59 Å². The lowest BCUT2D eigenvalue weighted by Gasteiger charge is -2.15. The number of nitrogens with one attached hydrogen (secondary N) is 1. The number of thioether (sulfide) groups is 1. The predicted octanol–water partition coefficient (Wildman–Crippen LogP) is 5.01. The summed E-state index contributed by atoms with van der Waals surface area (Å²) in [4.78, 5) is 26.3. The fourth-order valence-corrected chi connectivity index (χ4v) is 5.00. The van der Waals surface area contributed by atoms with Gasteiger partial charge in [0, 0.05) is 12.1 Å².